The molecule has 0 aliphatic rings. The number of esters is 1. The summed E-state index contributed by atoms with van der Waals surface area (Å²) in [5, 5.41) is 0. The second-order valence-corrected chi connectivity index (χ2v) is 3.31. The van der Waals surface area contributed by atoms with Crippen molar-refractivity contribution in [2.24, 2.45) is 5.73 Å². The summed E-state index contributed by atoms with van der Waals surface area (Å²) in [6.07, 6.45) is -2.00. The van der Waals surface area contributed by atoms with Gasteiger partial charge in [-0.25, -0.2) is 4.39 Å². The number of halogens is 1. The summed E-state index contributed by atoms with van der Waals surface area (Å²) in [4.78, 5) is 10.7. The summed E-state index contributed by atoms with van der Waals surface area (Å²) in [6.45, 7) is 5.15. The van der Waals surface area contributed by atoms with Crippen LogP contribution in [-0.4, -0.2) is 17.9 Å². The van der Waals surface area contributed by atoms with E-state index in [-0.39, 0.29) is 6.42 Å². The van der Waals surface area contributed by atoms with E-state index in [1.54, 1.807) is 20.8 Å². The third-order valence-electron chi connectivity index (χ3n) is 0.782. The lowest BCUT2D eigenvalue weighted by Gasteiger charge is -2.19. The molecule has 3 nitrogen and oxygen atoms in total. The smallest absolute Gasteiger partial charge is 0.310 e. The van der Waals surface area contributed by atoms with Gasteiger partial charge in [0.25, 0.3) is 0 Å². The molecule has 66 valence electrons. The van der Waals surface area contributed by atoms with Gasteiger partial charge in [0.05, 0.1) is 6.42 Å². The molecule has 0 spiro atoms. The van der Waals surface area contributed by atoms with E-state index in [1.165, 1.54) is 0 Å². The van der Waals surface area contributed by atoms with E-state index in [9.17, 15) is 9.18 Å². The summed E-state index contributed by atoms with van der Waals surface area (Å²) in [7, 11) is 0. The van der Waals surface area contributed by atoms with Crippen LogP contribution >= 0.6 is 0 Å². The predicted molar refractivity (Wildman–Crippen MR) is 39.5 cm³/mol. The van der Waals surface area contributed by atoms with E-state index < -0.39 is 17.9 Å². The maximum absolute atomic E-state index is 12.0. The number of alkyl halides is 1. The van der Waals surface area contributed by atoms with E-state index in [1.807, 2.05) is 0 Å². The summed E-state index contributed by atoms with van der Waals surface area (Å²) < 4.78 is 16.8. The standard InChI is InChI=1S/C7H14FNO2/c1-7(2,3)11-6(10)4-5(8)9/h5H,4,9H2,1-3H3. The molecule has 0 rings (SSSR count). The zero-order chi connectivity index (χ0) is 9.07. The van der Waals surface area contributed by atoms with Gasteiger partial charge in [-0.05, 0) is 20.8 Å². The molecule has 11 heavy (non-hydrogen) atoms. The van der Waals surface area contributed by atoms with Gasteiger partial charge in [-0.3, -0.25) is 4.79 Å². The van der Waals surface area contributed by atoms with Crippen LogP contribution in [0.4, 0.5) is 4.39 Å². The van der Waals surface area contributed by atoms with E-state index in [2.05, 4.69) is 0 Å². The van der Waals surface area contributed by atoms with Crippen molar-refractivity contribution in [3.63, 3.8) is 0 Å². The number of hydrogen-bond acceptors (Lipinski definition) is 3. The van der Waals surface area contributed by atoms with E-state index >= 15 is 0 Å². The first-order valence-electron chi connectivity index (χ1n) is 3.43. The molecule has 1 unspecified atom stereocenters. The molecular formula is C7H14FNO2. The van der Waals surface area contributed by atoms with Gasteiger partial charge in [0.2, 0.25) is 0 Å². The number of carbonyl (C=O) groups is 1. The Bertz CT molecular complexity index is 140. The monoisotopic (exact) mass is 163 g/mol. The lowest BCUT2D eigenvalue weighted by atomic mass is 10.2. The van der Waals surface area contributed by atoms with Crippen molar-refractivity contribution in [3.05, 3.63) is 0 Å². The zero-order valence-corrected chi connectivity index (χ0v) is 7.06. The van der Waals surface area contributed by atoms with Crippen LogP contribution in [0.2, 0.25) is 0 Å². The molecule has 2 N–H and O–H groups in total. The molecule has 0 aromatic heterocycles. The topological polar surface area (TPSA) is 52.3 Å². The first-order chi connectivity index (χ1) is 4.81. The highest BCUT2D eigenvalue weighted by molar-refractivity contribution is 5.70. The van der Waals surface area contributed by atoms with Crippen molar-refractivity contribution in [1.29, 1.82) is 0 Å². The molecule has 0 radical (unpaired) electrons. The molecule has 0 fully saturated rings. The largest absolute Gasteiger partial charge is 0.460 e. The van der Waals surface area contributed by atoms with Crippen LogP contribution in [0.25, 0.3) is 0 Å². The van der Waals surface area contributed by atoms with Crippen LogP contribution in [0.3, 0.4) is 0 Å². The minimum absolute atomic E-state index is 0.378. The number of rotatable bonds is 2. The molecular weight excluding hydrogens is 149 g/mol. The molecule has 0 aliphatic carbocycles. The minimum Gasteiger partial charge on any atom is -0.460 e. The molecule has 0 aromatic carbocycles. The molecule has 1 atom stereocenters. The average Bonchev–Trinajstić information content (AvgIpc) is 1.53. The second-order valence-electron chi connectivity index (χ2n) is 3.31. The van der Waals surface area contributed by atoms with E-state index in [4.69, 9.17) is 10.5 Å². The maximum atomic E-state index is 12.0. The number of hydrogen-bond donors (Lipinski definition) is 1. The van der Waals surface area contributed by atoms with Gasteiger partial charge in [-0.1, -0.05) is 0 Å². The third-order valence-corrected chi connectivity index (χ3v) is 0.782. The Labute approximate surface area is 65.7 Å². The zero-order valence-electron chi connectivity index (χ0n) is 7.06. The fraction of sp³-hybridized carbons (Fsp3) is 0.857. The van der Waals surface area contributed by atoms with Crippen LogP contribution in [0, 0.1) is 0 Å². The fourth-order valence-corrected chi connectivity index (χ4v) is 0.542. The number of ether oxygens (including phenoxy) is 1. The maximum Gasteiger partial charge on any atom is 0.310 e. The lowest BCUT2D eigenvalue weighted by Crippen LogP contribution is -2.27. The fourth-order valence-electron chi connectivity index (χ4n) is 0.542. The van der Waals surface area contributed by atoms with Gasteiger partial charge in [0.1, 0.15) is 5.60 Å². The first-order valence-corrected chi connectivity index (χ1v) is 3.43. The van der Waals surface area contributed by atoms with Crippen LogP contribution in [0.5, 0.6) is 0 Å². The van der Waals surface area contributed by atoms with Crippen LogP contribution in [-0.2, 0) is 9.53 Å². The SMILES string of the molecule is CC(C)(C)OC(=O)CC(N)F. The number of carbonyl (C=O) groups excluding carboxylic acids is 1. The van der Waals surface area contributed by atoms with Crippen molar-refractivity contribution in [3.8, 4) is 0 Å². The Morgan fingerprint density at radius 3 is 2.36 bits per heavy atom. The quantitative estimate of drug-likeness (QED) is 0.487. The Morgan fingerprint density at radius 2 is 2.09 bits per heavy atom. The molecule has 0 aromatic rings. The second kappa shape index (κ2) is 3.67. The molecule has 0 amide bonds. The Morgan fingerprint density at radius 1 is 1.64 bits per heavy atom. The van der Waals surface area contributed by atoms with Crippen molar-refractivity contribution >= 4 is 5.97 Å². The van der Waals surface area contributed by atoms with Gasteiger partial charge < -0.3 is 10.5 Å². The van der Waals surface area contributed by atoms with Crippen LogP contribution < -0.4 is 5.73 Å². The Hall–Kier alpha value is -0.640. The molecule has 0 heterocycles. The highest BCUT2D eigenvalue weighted by Crippen LogP contribution is 2.08. The Balaban J connectivity index is 3.71. The van der Waals surface area contributed by atoms with E-state index in [0.29, 0.717) is 0 Å². The Kier molecular flexibility index (Phi) is 3.45. The lowest BCUT2D eigenvalue weighted by molar-refractivity contribution is -0.156. The van der Waals surface area contributed by atoms with Crippen molar-refractivity contribution in [2.75, 3.05) is 0 Å². The third kappa shape index (κ3) is 7.25. The number of nitrogens with two attached hydrogens (primary N) is 1. The van der Waals surface area contributed by atoms with Crippen LogP contribution in [0.1, 0.15) is 27.2 Å². The predicted octanol–water partition coefficient (Wildman–Crippen LogP) is 0.973. The van der Waals surface area contributed by atoms with Crippen LogP contribution in [0.15, 0.2) is 0 Å². The highest BCUT2D eigenvalue weighted by Gasteiger charge is 2.17. The van der Waals surface area contributed by atoms with Gasteiger partial charge in [0.15, 0.2) is 6.30 Å². The summed E-state index contributed by atoms with van der Waals surface area (Å²) in [5.74, 6) is -0.604. The van der Waals surface area contributed by atoms with E-state index in [0.717, 1.165) is 0 Å². The summed E-state index contributed by atoms with van der Waals surface area (Å²) >= 11 is 0. The molecule has 0 saturated heterocycles. The molecule has 0 saturated carbocycles. The molecule has 0 aliphatic heterocycles. The van der Waals surface area contributed by atoms with Crippen molar-refractivity contribution in [1.82, 2.24) is 0 Å². The van der Waals surface area contributed by atoms with Gasteiger partial charge in [-0.15, -0.1) is 0 Å². The van der Waals surface area contributed by atoms with Gasteiger partial charge in [-0.2, -0.15) is 0 Å². The van der Waals surface area contributed by atoms with Crippen molar-refractivity contribution < 1.29 is 13.9 Å². The summed E-state index contributed by atoms with van der Waals surface area (Å²) in [5.41, 5.74) is 4.18. The van der Waals surface area contributed by atoms with Gasteiger partial charge in [0, 0.05) is 0 Å². The van der Waals surface area contributed by atoms with Gasteiger partial charge >= 0.3 is 5.97 Å². The van der Waals surface area contributed by atoms with Crippen molar-refractivity contribution in [2.45, 2.75) is 39.1 Å². The summed E-state index contributed by atoms with van der Waals surface area (Å²) in [6, 6.07) is 0. The highest BCUT2D eigenvalue weighted by atomic mass is 19.1. The first kappa shape index (κ1) is 10.4. The average molecular weight is 163 g/mol. The molecule has 4 heteroatoms. The molecule has 0 bridgehead atoms. The normalized spacial score (nSPS) is 14.3. The minimum atomic E-state index is -1.62.